The predicted molar refractivity (Wildman–Crippen MR) is 79.2 cm³/mol. The highest BCUT2D eigenvalue weighted by molar-refractivity contribution is 5.97. The van der Waals surface area contributed by atoms with Crippen LogP contribution in [-0.4, -0.2) is 28.7 Å². The van der Waals surface area contributed by atoms with Gasteiger partial charge in [0.05, 0.1) is 0 Å². The van der Waals surface area contributed by atoms with Gasteiger partial charge in [-0.3, -0.25) is 4.79 Å². The number of benzene rings is 1. The summed E-state index contributed by atoms with van der Waals surface area (Å²) in [6, 6.07) is 5.68. The Balaban J connectivity index is 2.75. The zero-order valence-corrected chi connectivity index (χ0v) is 13.0. The summed E-state index contributed by atoms with van der Waals surface area (Å²) in [7, 11) is 0. The van der Waals surface area contributed by atoms with Crippen molar-refractivity contribution in [3.8, 4) is 0 Å². The molecule has 128 valence electrons. The van der Waals surface area contributed by atoms with Gasteiger partial charge in [-0.2, -0.15) is 13.2 Å². The Morgan fingerprint density at radius 2 is 1.70 bits per heavy atom. The monoisotopic (exact) mass is 331 g/mol. The van der Waals surface area contributed by atoms with Gasteiger partial charge in [-0.05, 0) is 37.5 Å². The number of carboxylic acids is 1. The van der Waals surface area contributed by atoms with E-state index < -0.39 is 30.0 Å². The van der Waals surface area contributed by atoms with E-state index in [2.05, 4.69) is 5.32 Å². The number of carboxylic acid groups (broad SMARTS) is 1. The van der Waals surface area contributed by atoms with E-state index in [1.165, 1.54) is 31.2 Å². The van der Waals surface area contributed by atoms with Crippen LogP contribution in [0.4, 0.5) is 13.2 Å². The van der Waals surface area contributed by atoms with Crippen molar-refractivity contribution in [1.82, 2.24) is 5.32 Å². The largest absolute Gasteiger partial charge is 0.480 e. The topological polar surface area (TPSA) is 66.4 Å². The Morgan fingerprint density at radius 1 is 1.13 bits per heavy atom. The van der Waals surface area contributed by atoms with Crippen LogP contribution in [0.5, 0.6) is 0 Å². The zero-order chi connectivity index (χ0) is 17.7. The van der Waals surface area contributed by atoms with Crippen LogP contribution < -0.4 is 5.32 Å². The molecule has 0 fully saturated rings. The van der Waals surface area contributed by atoms with Crippen molar-refractivity contribution in [1.29, 1.82) is 0 Å². The average Bonchev–Trinajstić information content (AvgIpc) is 2.45. The van der Waals surface area contributed by atoms with Crippen LogP contribution in [-0.2, 0) is 11.2 Å². The minimum Gasteiger partial charge on any atom is -0.480 e. The van der Waals surface area contributed by atoms with Crippen molar-refractivity contribution in [2.75, 3.05) is 0 Å². The van der Waals surface area contributed by atoms with Gasteiger partial charge >= 0.3 is 12.1 Å². The highest BCUT2D eigenvalue weighted by Crippen LogP contribution is 2.22. The highest BCUT2D eigenvalue weighted by Gasteiger charge is 2.34. The van der Waals surface area contributed by atoms with Crippen molar-refractivity contribution < 1.29 is 27.9 Å². The molecule has 0 bridgehead atoms. The number of carbonyl (C=O) groups excluding carboxylic acids is 1. The second-order valence-corrected chi connectivity index (χ2v) is 5.65. The Labute approximate surface area is 132 Å². The molecule has 0 radical (unpaired) electrons. The highest BCUT2D eigenvalue weighted by atomic mass is 19.4. The molecule has 2 N–H and O–H groups in total. The lowest BCUT2D eigenvalue weighted by Crippen LogP contribution is -2.52. The minimum absolute atomic E-state index is 0.159. The number of carbonyl (C=O) groups is 2. The molecule has 1 amide bonds. The normalized spacial score (nSPS) is 14.1. The van der Waals surface area contributed by atoms with E-state index in [-0.39, 0.29) is 18.4 Å². The van der Waals surface area contributed by atoms with Crippen LogP contribution in [0.15, 0.2) is 24.3 Å². The summed E-state index contributed by atoms with van der Waals surface area (Å²) in [5.41, 5.74) is -0.696. The number of alkyl halides is 3. The molecule has 0 saturated heterocycles. The minimum atomic E-state index is -4.22. The van der Waals surface area contributed by atoms with Crippen molar-refractivity contribution in [3.63, 3.8) is 0 Å². The zero-order valence-electron chi connectivity index (χ0n) is 13.0. The first kappa shape index (κ1) is 19.0. The van der Waals surface area contributed by atoms with Gasteiger partial charge < -0.3 is 10.4 Å². The number of halogens is 3. The van der Waals surface area contributed by atoms with Gasteiger partial charge in [0, 0.05) is 12.0 Å². The van der Waals surface area contributed by atoms with Gasteiger partial charge in [-0.1, -0.05) is 25.5 Å². The first-order chi connectivity index (χ1) is 10.6. The number of rotatable bonds is 7. The number of hydrogen-bond acceptors (Lipinski definition) is 2. The van der Waals surface area contributed by atoms with Crippen molar-refractivity contribution in [2.24, 2.45) is 0 Å². The molecule has 7 heteroatoms. The third-order valence-corrected chi connectivity index (χ3v) is 3.52. The third kappa shape index (κ3) is 5.92. The van der Waals surface area contributed by atoms with E-state index in [1.807, 2.05) is 6.92 Å². The molecule has 1 aromatic carbocycles. The first-order valence-electron chi connectivity index (χ1n) is 7.29. The van der Waals surface area contributed by atoms with E-state index in [9.17, 15) is 27.9 Å². The molecular weight excluding hydrogens is 311 g/mol. The average molecular weight is 331 g/mol. The van der Waals surface area contributed by atoms with Gasteiger partial charge in [0.1, 0.15) is 5.54 Å². The first-order valence-corrected chi connectivity index (χ1v) is 7.29. The lowest BCUT2D eigenvalue weighted by atomic mass is 9.95. The smallest absolute Gasteiger partial charge is 0.389 e. The maximum absolute atomic E-state index is 12.2. The van der Waals surface area contributed by atoms with Gasteiger partial charge in [0.25, 0.3) is 5.91 Å². The molecule has 23 heavy (non-hydrogen) atoms. The van der Waals surface area contributed by atoms with Crippen LogP contribution in [0, 0.1) is 0 Å². The standard InChI is InChI=1S/C16H20F3NO3/c1-3-9-15(2,14(22)23)20-13(21)12-6-4-11(5-7-12)8-10-16(17,18)19/h4-7H,3,8-10H2,1-2H3,(H,20,21)(H,22,23). The summed E-state index contributed by atoms with van der Waals surface area (Å²) < 4.78 is 36.5. The summed E-state index contributed by atoms with van der Waals surface area (Å²) in [6.45, 7) is 3.23. The molecule has 0 aliphatic carbocycles. The van der Waals surface area contributed by atoms with Crippen LogP contribution >= 0.6 is 0 Å². The molecular formula is C16H20F3NO3. The fourth-order valence-electron chi connectivity index (χ4n) is 2.15. The van der Waals surface area contributed by atoms with E-state index in [0.717, 1.165) is 0 Å². The fraction of sp³-hybridized carbons (Fsp3) is 0.500. The second-order valence-electron chi connectivity index (χ2n) is 5.65. The summed E-state index contributed by atoms with van der Waals surface area (Å²) in [4.78, 5) is 23.4. The molecule has 0 aliphatic rings. The lowest BCUT2D eigenvalue weighted by molar-refractivity contribution is -0.144. The molecule has 0 heterocycles. The summed E-state index contributed by atoms with van der Waals surface area (Å²) in [5.74, 6) is -1.69. The Bertz CT molecular complexity index is 555. The maximum atomic E-state index is 12.2. The van der Waals surface area contributed by atoms with Crippen LogP contribution in [0.1, 0.15) is 49.0 Å². The number of aryl methyl sites for hydroxylation is 1. The molecule has 1 atom stereocenters. The third-order valence-electron chi connectivity index (χ3n) is 3.52. The van der Waals surface area contributed by atoms with Gasteiger partial charge in [0.15, 0.2) is 0 Å². The molecule has 1 unspecified atom stereocenters. The van der Waals surface area contributed by atoms with Gasteiger partial charge in [0.2, 0.25) is 0 Å². The van der Waals surface area contributed by atoms with E-state index in [4.69, 9.17) is 0 Å². The predicted octanol–water partition coefficient (Wildman–Crippen LogP) is 3.55. The molecule has 1 aromatic rings. The summed E-state index contributed by atoms with van der Waals surface area (Å²) in [6.07, 6.45) is -4.45. The molecule has 0 aromatic heterocycles. The van der Waals surface area contributed by atoms with E-state index in [1.54, 1.807) is 0 Å². The summed E-state index contributed by atoms with van der Waals surface area (Å²) in [5, 5.41) is 11.7. The van der Waals surface area contributed by atoms with Crippen LogP contribution in [0.25, 0.3) is 0 Å². The van der Waals surface area contributed by atoms with Crippen LogP contribution in [0.3, 0.4) is 0 Å². The second kappa shape index (κ2) is 7.48. The fourth-order valence-corrected chi connectivity index (χ4v) is 2.15. The number of hydrogen-bond donors (Lipinski definition) is 2. The Hall–Kier alpha value is -2.05. The van der Waals surface area contributed by atoms with Crippen molar-refractivity contribution in [2.45, 2.75) is 51.2 Å². The molecule has 0 saturated carbocycles. The SMILES string of the molecule is CCCC(C)(NC(=O)c1ccc(CCC(F)(F)F)cc1)C(=O)O. The number of amides is 1. The van der Waals surface area contributed by atoms with E-state index >= 15 is 0 Å². The lowest BCUT2D eigenvalue weighted by Gasteiger charge is -2.25. The molecule has 0 spiro atoms. The van der Waals surface area contributed by atoms with Gasteiger partial charge in [-0.15, -0.1) is 0 Å². The number of nitrogens with one attached hydrogen (secondary N) is 1. The van der Waals surface area contributed by atoms with Crippen LogP contribution in [0.2, 0.25) is 0 Å². The molecule has 4 nitrogen and oxygen atoms in total. The Morgan fingerprint density at radius 3 is 2.13 bits per heavy atom. The summed E-state index contributed by atoms with van der Waals surface area (Å²) >= 11 is 0. The maximum Gasteiger partial charge on any atom is 0.389 e. The van der Waals surface area contributed by atoms with Crippen molar-refractivity contribution >= 4 is 11.9 Å². The van der Waals surface area contributed by atoms with E-state index in [0.29, 0.717) is 12.0 Å². The number of aliphatic carboxylic acids is 1. The Kier molecular flexibility index (Phi) is 6.18. The van der Waals surface area contributed by atoms with Gasteiger partial charge in [-0.25, -0.2) is 4.79 Å². The molecule has 1 rings (SSSR count). The molecule has 0 aliphatic heterocycles. The quantitative estimate of drug-likeness (QED) is 0.803. The van der Waals surface area contributed by atoms with Crippen molar-refractivity contribution in [3.05, 3.63) is 35.4 Å².